The second-order valence-corrected chi connectivity index (χ2v) is 7.42. The summed E-state index contributed by atoms with van der Waals surface area (Å²) in [6.45, 7) is 4.28. The minimum Gasteiger partial charge on any atom is -0.377 e. The van der Waals surface area contributed by atoms with Gasteiger partial charge in [-0.15, -0.1) is 11.3 Å². The zero-order chi connectivity index (χ0) is 13.3. The van der Waals surface area contributed by atoms with Gasteiger partial charge in [-0.05, 0) is 57.2 Å². The van der Waals surface area contributed by atoms with Crippen molar-refractivity contribution in [1.82, 2.24) is 5.32 Å². The van der Waals surface area contributed by atoms with E-state index in [0.29, 0.717) is 11.5 Å². The van der Waals surface area contributed by atoms with Gasteiger partial charge in [0.15, 0.2) is 0 Å². The molecule has 1 saturated heterocycles. The van der Waals surface area contributed by atoms with Crippen LogP contribution in [0.25, 0.3) is 0 Å². The van der Waals surface area contributed by atoms with Gasteiger partial charge in [-0.3, -0.25) is 0 Å². The lowest BCUT2D eigenvalue weighted by Gasteiger charge is -2.34. The minimum absolute atomic E-state index is 0.339. The molecule has 1 aliphatic heterocycles. The van der Waals surface area contributed by atoms with Crippen LogP contribution >= 0.6 is 11.3 Å². The third-order valence-corrected chi connectivity index (χ3v) is 5.90. The molecule has 19 heavy (non-hydrogen) atoms. The molecule has 2 fully saturated rings. The summed E-state index contributed by atoms with van der Waals surface area (Å²) in [5, 5.41) is 3.43. The molecule has 1 aromatic heterocycles. The number of ether oxygens (including phenoxy) is 1. The molecule has 2 unspecified atom stereocenters. The number of hydrogen-bond acceptors (Lipinski definition) is 3. The summed E-state index contributed by atoms with van der Waals surface area (Å²) in [6, 6.07) is 4.64. The Balaban J connectivity index is 1.79. The maximum Gasteiger partial charge on any atom is 0.0675 e. The Morgan fingerprint density at radius 1 is 1.37 bits per heavy atom. The maximum atomic E-state index is 6.12. The van der Waals surface area contributed by atoms with E-state index in [1.807, 2.05) is 11.3 Å². The van der Waals surface area contributed by atoms with Crippen molar-refractivity contribution < 1.29 is 4.74 Å². The van der Waals surface area contributed by atoms with Crippen LogP contribution in [0.3, 0.4) is 0 Å². The van der Waals surface area contributed by atoms with Gasteiger partial charge in [0.25, 0.3) is 0 Å². The van der Waals surface area contributed by atoms with E-state index in [1.165, 1.54) is 30.6 Å². The van der Waals surface area contributed by atoms with Gasteiger partial charge >= 0.3 is 0 Å². The van der Waals surface area contributed by atoms with Gasteiger partial charge < -0.3 is 10.1 Å². The van der Waals surface area contributed by atoms with Crippen LogP contribution < -0.4 is 5.32 Å². The first-order valence-electron chi connectivity index (χ1n) is 7.61. The van der Waals surface area contributed by atoms with Crippen LogP contribution in [-0.4, -0.2) is 26.3 Å². The molecule has 1 aliphatic carbocycles. The number of aryl methyl sites for hydroxylation is 1. The first-order chi connectivity index (χ1) is 9.27. The standard InChI is InChI=1S/C16H25NOS/c1-3-13-6-7-14(19-13)10-16(11-17-2)8-9-18-15(16)12-4-5-12/h6-7,12,15,17H,3-5,8-11H2,1-2H3. The number of rotatable bonds is 6. The first-order valence-corrected chi connectivity index (χ1v) is 8.43. The van der Waals surface area contributed by atoms with Gasteiger partial charge in [0.05, 0.1) is 6.10 Å². The largest absolute Gasteiger partial charge is 0.377 e. The molecule has 1 saturated carbocycles. The van der Waals surface area contributed by atoms with E-state index >= 15 is 0 Å². The Morgan fingerprint density at radius 2 is 2.16 bits per heavy atom. The molecule has 1 N–H and O–H groups in total. The maximum absolute atomic E-state index is 6.12. The molecule has 2 nitrogen and oxygen atoms in total. The predicted molar refractivity (Wildman–Crippen MR) is 80.8 cm³/mol. The van der Waals surface area contributed by atoms with Gasteiger partial charge in [0.1, 0.15) is 0 Å². The highest BCUT2D eigenvalue weighted by atomic mass is 32.1. The average Bonchev–Trinajstić information content (AvgIpc) is 3.02. The Kier molecular flexibility index (Phi) is 3.97. The van der Waals surface area contributed by atoms with Crippen LogP contribution in [0.5, 0.6) is 0 Å². The minimum atomic E-state index is 0.339. The summed E-state index contributed by atoms with van der Waals surface area (Å²) < 4.78 is 6.12. The molecule has 0 radical (unpaired) electrons. The number of thiophene rings is 1. The van der Waals surface area contributed by atoms with Crippen molar-refractivity contribution in [2.45, 2.75) is 45.1 Å². The molecule has 1 aromatic rings. The highest BCUT2D eigenvalue weighted by Gasteiger charge is 2.50. The Morgan fingerprint density at radius 3 is 2.79 bits per heavy atom. The van der Waals surface area contributed by atoms with Gasteiger partial charge in [-0.25, -0.2) is 0 Å². The van der Waals surface area contributed by atoms with Gasteiger partial charge in [-0.2, -0.15) is 0 Å². The molecule has 0 spiro atoms. The molecule has 0 aromatic carbocycles. The van der Waals surface area contributed by atoms with Crippen LogP contribution in [0.15, 0.2) is 12.1 Å². The third kappa shape index (κ3) is 2.74. The zero-order valence-corrected chi connectivity index (χ0v) is 12.9. The summed E-state index contributed by atoms with van der Waals surface area (Å²) in [5.41, 5.74) is 0.339. The lowest BCUT2D eigenvalue weighted by molar-refractivity contribution is 0.0318. The fourth-order valence-electron chi connectivity index (χ4n) is 3.59. The zero-order valence-electron chi connectivity index (χ0n) is 12.1. The lowest BCUT2D eigenvalue weighted by atomic mass is 9.75. The summed E-state index contributed by atoms with van der Waals surface area (Å²) in [6.07, 6.45) is 6.81. The summed E-state index contributed by atoms with van der Waals surface area (Å²) >= 11 is 1.99. The normalized spacial score (nSPS) is 30.9. The number of nitrogens with one attached hydrogen (secondary N) is 1. The highest BCUT2D eigenvalue weighted by Crippen LogP contribution is 2.49. The predicted octanol–water partition coefficient (Wildman–Crippen LogP) is 3.26. The molecule has 0 bridgehead atoms. The average molecular weight is 279 g/mol. The first kappa shape index (κ1) is 13.6. The van der Waals surface area contributed by atoms with Crippen LogP contribution in [-0.2, 0) is 17.6 Å². The van der Waals surface area contributed by atoms with Crippen molar-refractivity contribution in [2.24, 2.45) is 11.3 Å². The van der Waals surface area contributed by atoms with Crippen molar-refractivity contribution >= 4 is 11.3 Å². The molecule has 3 rings (SSSR count). The smallest absolute Gasteiger partial charge is 0.0675 e. The van der Waals surface area contributed by atoms with Crippen molar-refractivity contribution in [1.29, 1.82) is 0 Å². The molecule has 106 valence electrons. The van der Waals surface area contributed by atoms with E-state index in [0.717, 1.165) is 25.5 Å². The molecule has 2 heterocycles. The van der Waals surface area contributed by atoms with E-state index < -0.39 is 0 Å². The van der Waals surface area contributed by atoms with E-state index in [-0.39, 0.29) is 0 Å². The molecule has 3 heteroatoms. The fourth-order valence-corrected chi connectivity index (χ4v) is 4.70. The van der Waals surface area contributed by atoms with Gasteiger partial charge in [0.2, 0.25) is 0 Å². The van der Waals surface area contributed by atoms with Crippen molar-refractivity contribution in [2.75, 3.05) is 20.2 Å². The van der Waals surface area contributed by atoms with E-state index in [4.69, 9.17) is 4.74 Å². The monoisotopic (exact) mass is 279 g/mol. The van der Waals surface area contributed by atoms with Crippen molar-refractivity contribution in [3.05, 3.63) is 21.9 Å². The third-order valence-electron chi connectivity index (χ3n) is 4.67. The fraction of sp³-hybridized carbons (Fsp3) is 0.750. The van der Waals surface area contributed by atoms with E-state index in [9.17, 15) is 0 Å². The Hall–Kier alpha value is -0.380. The van der Waals surface area contributed by atoms with Crippen LogP contribution in [0.2, 0.25) is 0 Å². The Labute approximate surface area is 120 Å². The summed E-state index contributed by atoms with van der Waals surface area (Å²) in [4.78, 5) is 3.06. The number of hydrogen-bond donors (Lipinski definition) is 1. The molecule has 2 atom stereocenters. The van der Waals surface area contributed by atoms with Crippen LogP contribution in [0.1, 0.15) is 35.9 Å². The molecule has 2 aliphatic rings. The van der Waals surface area contributed by atoms with Gasteiger partial charge in [0, 0.05) is 28.3 Å². The molecular weight excluding hydrogens is 254 g/mol. The van der Waals surface area contributed by atoms with E-state index in [2.05, 4.69) is 31.4 Å². The molecule has 0 amide bonds. The topological polar surface area (TPSA) is 21.3 Å². The highest BCUT2D eigenvalue weighted by molar-refractivity contribution is 7.11. The quantitative estimate of drug-likeness (QED) is 0.863. The second-order valence-electron chi connectivity index (χ2n) is 6.17. The Bertz CT molecular complexity index is 426. The van der Waals surface area contributed by atoms with Crippen molar-refractivity contribution in [3.63, 3.8) is 0 Å². The van der Waals surface area contributed by atoms with E-state index in [1.54, 1.807) is 4.88 Å². The second kappa shape index (κ2) is 5.55. The van der Waals surface area contributed by atoms with Crippen molar-refractivity contribution in [3.8, 4) is 0 Å². The molecular formula is C16H25NOS. The summed E-state index contributed by atoms with van der Waals surface area (Å²) in [5.74, 6) is 0.835. The summed E-state index contributed by atoms with van der Waals surface area (Å²) in [7, 11) is 2.08. The van der Waals surface area contributed by atoms with Gasteiger partial charge in [-0.1, -0.05) is 6.92 Å². The SMILES string of the molecule is CCc1ccc(CC2(CNC)CCOC2C2CC2)s1. The van der Waals surface area contributed by atoms with Crippen LogP contribution in [0, 0.1) is 11.3 Å². The lowest BCUT2D eigenvalue weighted by Crippen LogP contribution is -2.42. The van der Waals surface area contributed by atoms with Crippen LogP contribution in [0.4, 0.5) is 0 Å².